The summed E-state index contributed by atoms with van der Waals surface area (Å²) in [5, 5.41) is 8.88. The van der Waals surface area contributed by atoms with Crippen molar-refractivity contribution < 1.29 is 19.4 Å². The van der Waals surface area contributed by atoms with Gasteiger partial charge >= 0.3 is 5.97 Å². The number of carboxylic acids is 1. The number of likely N-dealkylation sites (tertiary alicyclic amines) is 1. The predicted octanol–water partition coefficient (Wildman–Crippen LogP) is 2.34. The van der Waals surface area contributed by atoms with Crippen LogP contribution in [0.25, 0.3) is 0 Å². The van der Waals surface area contributed by atoms with Crippen LogP contribution >= 0.6 is 0 Å². The SMILES string of the molecule is COC1(C)CCCN(C(=O)Cc2ccc(C(=O)O)cc2)CC1. The number of carbonyl (C=O) groups excluding carboxylic acids is 1. The second kappa shape index (κ2) is 6.92. The van der Waals surface area contributed by atoms with Crippen LogP contribution in [-0.2, 0) is 16.0 Å². The van der Waals surface area contributed by atoms with E-state index in [4.69, 9.17) is 9.84 Å². The number of rotatable bonds is 4. The molecule has 1 N–H and O–H groups in total. The van der Waals surface area contributed by atoms with Crippen LogP contribution < -0.4 is 0 Å². The summed E-state index contributed by atoms with van der Waals surface area (Å²) in [5.41, 5.74) is 0.939. The second-order valence-electron chi connectivity index (χ2n) is 6.07. The molecular formula is C17H23NO4. The fourth-order valence-electron chi connectivity index (χ4n) is 2.76. The average molecular weight is 305 g/mol. The molecule has 1 aromatic rings. The molecule has 1 aliphatic rings. The van der Waals surface area contributed by atoms with Gasteiger partial charge in [-0.05, 0) is 43.9 Å². The van der Waals surface area contributed by atoms with E-state index >= 15 is 0 Å². The summed E-state index contributed by atoms with van der Waals surface area (Å²) in [6, 6.07) is 6.49. The molecule has 120 valence electrons. The molecule has 0 spiro atoms. The zero-order chi connectivity index (χ0) is 16.2. The summed E-state index contributed by atoms with van der Waals surface area (Å²) in [5.74, 6) is -0.868. The van der Waals surface area contributed by atoms with Gasteiger partial charge in [-0.3, -0.25) is 4.79 Å². The van der Waals surface area contributed by atoms with E-state index in [2.05, 4.69) is 6.92 Å². The normalized spacial score (nSPS) is 22.2. The average Bonchev–Trinajstić information content (AvgIpc) is 2.70. The van der Waals surface area contributed by atoms with Crippen molar-refractivity contribution in [3.63, 3.8) is 0 Å². The van der Waals surface area contributed by atoms with E-state index in [1.807, 2.05) is 4.90 Å². The molecule has 1 fully saturated rings. The van der Waals surface area contributed by atoms with Gasteiger partial charge in [-0.15, -0.1) is 0 Å². The van der Waals surface area contributed by atoms with E-state index in [0.717, 1.165) is 31.4 Å². The Labute approximate surface area is 130 Å². The Morgan fingerprint density at radius 2 is 1.91 bits per heavy atom. The van der Waals surface area contributed by atoms with Crippen LogP contribution in [0, 0.1) is 0 Å². The smallest absolute Gasteiger partial charge is 0.335 e. The maximum absolute atomic E-state index is 12.4. The van der Waals surface area contributed by atoms with Gasteiger partial charge in [-0.1, -0.05) is 12.1 Å². The Kier molecular flexibility index (Phi) is 5.19. The van der Waals surface area contributed by atoms with Crippen LogP contribution in [0.5, 0.6) is 0 Å². The molecule has 1 aliphatic heterocycles. The Morgan fingerprint density at radius 1 is 1.23 bits per heavy atom. The summed E-state index contributed by atoms with van der Waals surface area (Å²) in [6.07, 6.45) is 3.05. The van der Waals surface area contributed by atoms with E-state index in [9.17, 15) is 9.59 Å². The first kappa shape index (κ1) is 16.5. The number of hydrogen-bond donors (Lipinski definition) is 1. The Balaban J connectivity index is 1.95. The van der Waals surface area contributed by atoms with Crippen LogP contribution in [0.1, 0.15) is 42.1 Å². The lowest BCUT2D eigenvalue weighted by Crippen LogP contribution is -2.35. The minimum atomic E-state index is -0.954. The monoisotopic (exact) mass is 305 g/mol. The lowest BCUT2D eigenvalue weighted by atomic mass is 9.97. The fraction of sp³-hybridized carbons (Fsp3) is 0.529. The topological polar surface area (TPSA) is 66.8 Å². The van der Waals surface area contributed by atoms with Crippen LogP contribution in [0.2, 0.25) is 0 Å². The fourth-order valence-corrected chi connectivity index (χ4v) is 2.76. The lowest BCUT2D eigenvalue weighted by molar-refractivity contribution is -0.130. The van der Waals surface area contributed by atoms with Gasteiger partial charge in [0.05, 0.1) is 17.6 Å². The number of nitrogens with zero attached hydrogens (tertiary/aromatic N) is 1. The van der Waals surface area contributed by atoms with Crippen LogP contribution in [0.3, 0.4) is 0 Å². The summed E-state index contributed by atoms with van der Waals surface area (Å²) in [6.45, 7) is 3.55. The lowest BCUT2D eigenvalue weighted by Gasteiger charge is -2.26. The predicted molar refractivity (Wildman–Crippen MR) is 83.0 cm³/mol. The molecule has 0 aliphatic carbocycles. The van der Waals surface area contributed by atoms with Crippen LogP contribution in [0.4, 0.5) is 0 Å². The molecular weight excluding hydrogens is 282 g/mol. The molecule has 0 bridgehead atoms. The molecule has 1 aromatic carbocycles. The maximum atomic E-state index is 12.4. The molecule has 0 radical (unpaired) electrons. The third-order valence-corrected chi connectivity index (χ3v) is 4.45. The summed E-state index contributed by atoms with van der Waals surface area (Å²) in [7, 11) is 1.72. The Morgan fingerprint density at radius 3 is 2.50 bits per heavy atom. The van der Waals surface area contributed by atoms with E-state index in [-0.39, 0.29) is 17.1 Å². The Hall–Kier alpha value is -1.88. The molecule has 5 nitrogen and oxygen atoms in total. The highest BCUT2D eigenvalue weighted by atomic mass is 16.5. The van der Waals surface area contributed by atoms with E-state index in [1.165, 1.54) is 12.1 Å². The largest absolute Gasteiger partial charge is 0.478 e. The first-order chi connectivity index (χ1) is 10.4. The molecule has 1 saturated heterocycles. The number of ether oxygens (including phenoxy) is 1. The standard InChI is InChI=1S/C17H23NO4/c1-17(22-2)8-3-10-18(11-9-17)15(19)12-13-4-6-14(7-5-13)16(20)21/h4-7H,3,8-12H2,1-2H3,(H,20,21). The maximum Gasteiger partial charge on any atom is 0.335 e. The van der Waals surface area contributed by atoms with Crippen molar-refractivity contribution >= 4 is 11.9 Å². The third-order valence-electron chi connectivity index (χ3n) is 4.45. The number of methoxy groups -OCH3 is 1. The van der Waals surface area contributed by atoms with Gasteiger partial charge in [-0.2, -0.15) is 0 Å². The minimum absolute atomic E-state index is 0.0865. The quantitative estimate of drug-likeness (QED) is 0.927. The van der Waals surface area contributed by atoms with Gasteiger partial charge in [0, 0.05) is 20.2 Å². The molecule has 1 unspecified atom stereocenters. The molecule has 22 heavy (non-hydrogen) atoms. The molecule has 0 aromatic heterocycles. The summed E-state index contributed by atoms with van der Waals surface area (Å²) in [4.78, 5) is 25.1. The van der Waals surface area contributed by atoms with Gasteiger partial charge in [0.1, 0.15) is 0 Å². The first-order valence-corrected chi connectivity index (χ1v) is 7.59. The van der Waals surface area contributed by atoms with E-state index < -0.39 is 5.97 Å². The number of carboxylic acid groups (broad SMARTS) is 1. The highest BCUT2D eigenvalue weighted by molar-refractivity contribution is 5.87. The summed E-state index contributed by atoms with van der Waals surface area (Å²) >= 11 is 0. The van der Waals surface area contributed by atoms with Gasteiger partial charge in [-0.25, -0.2) is 4.79 Å². The van der Waals surface area contributed by atoms with Gasteiger partial charge in [0.25, 0.3) is 0 Å². The molecule has 2 rings (SSSR count). The summed E-state index contributed by atoms with van der Waals surface area (Å²) < 4.78 is 5.55. The number of hydrogen-bond acceptors (Lipinski definition) is 3. The van der Waals surface area contributed by atoms with Gasteiger partial charge in [0.15, 0.2) is 0 Å². The van der Waals surface area contributed by atoms with Crippen LogP contribution in [-0.4, -0.2) is 47.7 Å². The Bertz CT molecular complexity index is 540. The molecule has 1 atom stereocenters. The minimum Gasteiger partial charge on any atom is -0.478 e. The molecule has 1 heterocycles. The van der Waals surface area contributed by atoms with E-state index in [1.54, 1.807) is 19.2 Å². The van der Waals surface area contributed by atoms with E-state index in [0.29, 0.717) is 13.0 Å². The highest BCUT2D eigenvalue weighted by Gasteiger charge is 2.29. The van der Waals surface area contributed by atoms with Crippen molar-refractivity contribution in [1.29, 1.82) is 0 Å². The first-order valence-electron chi connectivity index (χ1n) is 7.59. The highest BCUT2D eigenvalue weighted by Crippen LogP contribution is 2.25. The zero-order valence-electron chi connectivity index (χ0n) is 13.2. The van der Waals surface area contributed by atoms with Crippen molar-refractivity contribution in [3.8, 4) is 0 Å². The van der Waals surface area contributed by atoms with Crippen molar-refractivity contribution in [2.75, 3.05) is 20.2 Å². The van der Waals surface area contributed by atoms with Crippen LogP contribution in [0.15, 0.2) is 24.3 Å². The molecule has 5 heteroatoms. The van der Waals surface area contributed by atoms with Crippen molar-refractivity contribution in [3.05, 3.63) is 35.4 Å². The van der Waals surface area contributed by atoms with Gasteiger partial charge < -0.3 is 14.7 Å². The van der Waals surface area contributed by atoms with Crippen molar-refractivity contribution in [1.82, 2.24) is 4.90 Å². The molecule has 0 saturated carbocycles. The third kappa shape index (κ3) is 4.07. The number of carbonyl (C=O) groups is 2. The number of benzene rings is 1. The number of aromatic carboxylic acids is 1. The van der Waals surface area contributed by atoms with Crippen molar-refractivity contribution in [2.45, 2.75) is 38.2 Å². The number of amides is 1. The van der Waals surface area contributed by atoms with Crippen molar-refractivity contribution in [2.24, 2.45) is 0 Å². The zero-order valence-corrected chi connectivity index (χ0v) is 13.2. The molecule has 1 amide bonds. The van der Waals surface area contributed by atoms with Gasteiger partial charge in [0.2, 0.25) is 5.91 Å². The second-order valence-corrected chi connectivity index (χ2v) is 6.07.